The molecule has 300 valence electrons. The van der Waals surface area contributed by atoms with Crippen LogP contribution in [-0.2, 0) is 31.1 Å². The van der Waals surface area contributed by atoms with Crippen LogP contribution in [0.5, 0.6) is 17.2 Å². The Labute approximate surface area is 341 Å². The number of benzene rings is 5. The lowest BCUT2D eigenvalue weighted by molar-refractivity contribution is -0.179. The lowest BCUT2D eigenvalue weighted by atomic mass is 9.65. The maximum atomic E-state index is 15.7. The Morgan fingerprint density at radius 1 is 0.763 bits per heavy atom. The molecule has 3 fully saturated rings. The van der Waals surface area contributed by atoms with Gasteiger partial charge in [-0.2, -0.15) is 0 Å². The number of carbonyl (C=O) groups excluding carboxylic acids is 3. The second-order valence-corrected chi connectivity index (χ2v) is 15.7. The number of fused-ring (bicyclic) bond motifs is 4. The van der Waals surface area contributed by atoms with E-state index < -0.39 is 41.5 Å². The number of ether oxygens (including phenoxy) is 4. The number of aliphatic hydroxyl groups is 1. The van der Waals surface area contributed by atoms with E-state index in [0.717, 1.165) is 33.8 Å². The summed E-state index contributed by atoms with van der Waals surface area (Å²) in [6.07, 6.45) is -0.748. The van der Waals surface area contributed by atoms with Crippen LogP contribution >= 0.6 is 0 Å². The van der Waals surface area contributed by atoms with Gasteiger partial charge >= 0.3 is 5.97 Å². The van der Waals surface area contributed by atoms with E-state index in [9.17, 15) is 5.11 Å². The third-order valence-electron chi connectivity index (χ3n) is 12.6. The van der Waals surface area contributed by atoms with E-state index in [0.29, 0.717) is 49.7 Å². The molecule has 6 atom stereocenters. The molecule has 5 aromatic rings. The maximum Gasteiger partial charge on any atom is 0.324 e. The SMILES string of the molecule is O=C1O[C@@H](c2ccccc2)[C@@H](c2ccccc2)N2[C@@H](c3ccc(OCCO)cc3)[C@]3(C(=O)Nc4ccccc43)[C@@H](C(=O)N3CCN(Cc4ccc5c(c4)OCO5)CC3)[C@H]12. The van der Waals surface area contributed by atoms with E-state index in [2.05, 4.69) is 15.1 Å². The minimum absolute atomic E-state index is 0.123. The quantitative estimate of drug-likeness (QED) is 0.187. The summed E-state index contributed by atoms with van der Waals surface area (Å²) in [5, 5.41) is 12.6. The predicted octanol–water partition coefficient (Wildman–Crippen LogP) is 5.40. The first-order valence-electron chi connectivity index (χ1n) is 20.2. The third kappa shape index (κ3) is 6.21. The molecule has 0 unspecified atom stereocenters. The molecule has 0 aromatic heterocycles. The molecule has 5 heterocycles. The number of morpholine rings is 1. The van der Waals surface area contributed by atoms with Crippen molar-refractivity contribution in [1.82, 2.24) is 14.7 Å². The van der Waals surface area contributed by atoms with Crippen LogP contribution < -0.4 is 19.5 Å². The summed E-state index contributed by atoms with van der Waals surface area (Å²) < 4.78 is 23.4. The van der Waals surface area contributed by atoms with Gasteiger partial charge in [-0.3, -0.25) is 24.2 Å². The molecule has 1 spiro atoms. The van der Waals surface area contributed by atoms with Crippen molar-refractivity contribution in [2.75, 3.05) is 51.5 Å². The van der Waals surface area contributed by atoms with Gasteiger partial charge in [-0.05, 0) is 58.1 Å². The number of hydrogen-bond donors (Lipinski definition) is 2. The van der Waals surface area contributed by atoms with Gasteiger partial charge in [0.1, 0.15) is 29.9 Å². The molecule has 0 radical (unpaired) electrons. The molecule has 2 amide bonds. The topological polar surface area (TPSA) is 130 Å². The van der Waals surface area contributed by atoms with Gasteiger partial charge in [0.2, 0.25) is 18.6 Å². The van der Waals surface area contributed by atoms with E-state index >= 15 is 14.4 Å². The first-order chi connectivity index (χ1) is 28.9. The second-order valence-electron chi connectivity index (χ2n) is 15.7. The fourth-order valence-corrected chi connectivity index (χ4v) is 10.1. The van der Waals surface area contributed by atoms with Crippen LogP contribution in [0, 0.1) is 5.92 Å². The smallest absolute Gasteiger partial charge is 0.324 e. The molecule has 12 nitrogen and oxygen atoms in total. The number of hydrogen-bond acceptors (Lipinski definition) is 10. The number of rotatable bonds is 9. The lowest BCUT2D eigenvalue weighted by Crippen LogP contribution is -2.58. The fraction of sp³-hybridized carbons (Fsp3) is 0.298. The van der Waals surface area contributed by atoms with Crippen molar-refractivity contribution in [1.29, 1.82) is 0 Å². The van der Waals surface area contributed by atoms with Crippen LogP contribution in [-0.4, -0.2) is 89.8 Å². The molecule has 5 aliphatic rings. The number of anilines is 1. The minimum atomic E-state index is -1.53. The van der Waals surface area contributed by atoms with Crippen LogP contribution in [0.2, 0.25) is 0 Å². The molecule has 0 bridgehead atoms. The first-order valence-corrected chi connectivity index (χ1v) is 20.2. The minimum Gasteiger partial charge on any atom is -0.491 e. The van der Waals surface area contributed by atoms with Gasteiger partial charge in [-0.25, -0.2) is 0 Å². The number of cyclic esters (lactones) is 1. The van der Waals surface area contributed by atoms with E-state index in [1.165, 1.54) is 0 Å². The van der Waals surface area contributed by atoms with Gasteiger partial charge in [0.15, 0.2) is 11.5 Å². The lowest BCUT2D eigenvalue weighted by Gasteiger charge is -2.46. The summed E-state index contributed by atoms with van der Waals surface area (Å²) >= 11 is 0. The Hall–Kier alpha value is -6.21. The fourth-order valence-electron chi connectivity index (χ4n) is 10.1. The molecular weight excluding hydrogens is 749 g/mol. The molecule has 59 heavy (non-hydrogen) atoms. The van der Waals surface area contributed by atoms with Gasteiger partial charge in [0.25, 0.3) is 0 Å². The van der Waals surface area contributed by atoms with Crippen LogP contribution in [0.1, 0.15) is 46.0 Å². The molecular formula is C47H44N4O8. The Balaban J connectivity index is 1.10. The monoisotopic (exact) mass is 792 g/mol. The molecule has 5 aliphatic heterocycles. The second kappa shape index (κ2) is 15.2. The first kappa shape index (κ1) is 37.1. The Kier molecular flexibility index (Phi) is 9.55. The number of amides is 2. The highest BCUT2D eigenvalue weighted by Crippen LogP contribution is 2.65. The van der Waals surface area contributed by atoms with Crippen LogP contribution in [0.3, 0.4) is 0 Å². The third-order valence-corrected chi connectivity index (χ3v) is 12.6. The average molecular weight is 793 g/mol. The van der Waals surface area contributed by atoms with Crippen molar-refractivity contribution >= 4 is 23.5 Å². The van der Waals surface area contributed by atoms with Gasteiger partial charge < -0.3 is 34.3 Å². The van der Waals surface area contributed by atoms with Crippen molar-refractivity contribution in [2.45, 2.75) is 36.2 Å². The molecule has 12 heteroatoms. The van der Waals surface area contributed by atoms with Crippen molar-refractivity contribution < 1.29 is 38.4 Å². The number of piperazine rings is 1. The molecule has 0 saturated carbocycles. The zero-order chi connectivity index (χ0) is 40.1. The van der Waals surface area contributed by atoms with Gasteiger partial charge in [-0.1, -0.05) is 97.1 Å². The van der Waals surface area contributed by atoms with Crippen LogP contribution in [0.25, 0.3) is 0 Å². The number of nitrogens with one attached hydrogen (secondary N) is 1. The molecule has 3 saturated heterocycles. The zero-order valence-electron chi connectivity index (χ0n) is 32.3. The van der Waals surface area contributed by atoms with Crippen LogP contribution in [0.15, 0.2) is 127 Å². The summed E-state index contributed by atoms with van der Waals surface area (Å²) in [5.74, 6) is -0.279. The number of carbonyl (C=O) groups is 3. The van der Waals surface area contributed by atoms with Crippen molar-refractivity contribution in [3.8, 4) is 17.2 Å². The Bertz CT molecular complexity index is 2370. The van der Waals surface area contributed by atoms with Gasteiger partial charge in [0.05, 0.1) is 24.6 Å². The normalized spacial score (nSPS) is 26.0. The Morgan fingerprint density at radius 3 is 2.20 bits per heavy atom. The molecule has 0 aliphatic carbocycles. The number of para-hydroxylation sites is 1. The molecule has 5 aromatic carbocycles. The highest BCUT2D eigenvalue weighted by atomic mass is 16.7. The van der Waals surface area contributed by atoms with E-state index in [1.54, 1.807) is 0 Å². The summed E-state index contributed by atoms with van der Waals surface area (Å²) in [6.45, 7) is 2.89. The summed E-state index contributed by atoms with van der Waals surface area (Å²) in [5.41, 5.74) is 3.26. The van der Waals surface area contributed by atoms with Crippen LogP contribution in [0.4, 0.5) is 5.69 Å². The van der Waals surface area contributed by atoms with E-state index in [-0.39, 0.29) is 31.8 Å². The average Bonchev–Trinajstić information content (AvgIpc) is 3.96. The van der Waals surface area contributed by atoms with Gasteiger partial charge in [0, 0.05) is 38.4 Å². The highest BCUT2D eigenvalue weighted by Gasteiger charge is 2.74. The standard InChI is InChI=1S/C47H44N4O8/c52-25-26-56-34-18-16-33(17-19-34)43-47(35-13-7-8-14-36(35)48-46(47)55)39(44(53)50-23-21-49(22-24-50)28-30-15-20-37-38(27-30)58-29-57-37)41-45(54)59-42(32-11-5-2-6-12-32)40(51(41)43)31-9-3-1-4-10-31/h1-20,27,39-43,52H,21-26,28-29H2,(H,48,55)/t39-,40-,41-,42+,43+,47-/m1/s1. The number of esters is 1. The summed E-state index contributed by atoms with van der Waals surface area (Å²) in [6, 6.07) is 38.0. The largest absolute Gasteiger partial charge is 0.491 e. The number of aliphatic hydroxyl groups excluding tert-OH is 1. The predicted molar refractivity (Wildman–Crippen MR) is 217 cm³/mol. The summed E-state index contributed by atoms with van der Waals surface area (Å²) in [4.78, 5) is 52.2. The molecule has 2 N–H and O–H groups in total. The number of nitrogens with zero attached hydrogens (tertiary/aromatic N) is 3. The zero-order valence-corrected chi connectivity index (χ0v) is 32.3. The summed E-state index contributed by atoms with van der Waals surface area (Å²) in [7, 11) is 0. The van der Waals surface area contributed by atoms with Gasteiger partial charge in [-0.15, -0.1) is 0 Å². The van der Waals surface area contributed by atoms with E-state index in [4.69, 9.17) is 18.9 Å². The highest BCUT2D eigenvalue weighted by molar-refractivity contribution is 6.12. The van der Waals surface area contributed by atoms with Crippen molar-refractivity contribution in [3.63, 3.8) is 0 Å². The van der Waals surface area contributed by atoms with E-state index in [1.807, 2.05) is 132 Å². The molecule has 10 rings (SSSR count). The van der Waals surface area contributed by atoms with Crippen molar-refractivity contribution in [2.24, 2.45) is 5.92 Å². The van der Waals surface area contributed by atoms with Crippen molar-refractivity contribution in [3.05, 3.63) is 155 Å². The Morgan fingerprint density at radius 2 is 1.46 bits per heavy atom. The maximum absolute atomic E-state index is 15.7.